The van der Waals surface area contributed by atoms with E-state index in [9.17, 15) is 9.90 Å². The molecule has 2 N–H and O–H groups in total. The molecule has 18 heavy (non-hydrogen) atoms. The number of ether oxygens (including phenoxy) is 1. The van der Waals surface area contributed by atoms with Crippen molar-refractivity contribution in [3.8, 4) is 0 Å². The second-order valence-corrected chi connectivity index (χ2v) is 5.68. The van der Waals surface area contributed by atoms with Gasteiger partial charge < -0.3 is 15.2 Å². The summed E-state index contributed by atoms with van der Waals surface area (Å²) in [5.41, 5.74) is -0.349. The van der Waals surface area contributed by atoms with Crippen LogP contribution >= 0.6 is 22.6 Å². The lowest BCUT2D eigenvalue weighted by Crippen LogP contribution is -2.41. The highest BCUT2D eigenvalue weighted by molar-refractivity contribution is 14.1. The van der Waals surface area contributed by atoms with Gasteiger partial charge in [-0.05, 0) is 47.7 Å². The van der Waals surface area contributed by atoms with Crippen molar-refractivity contribution in [1.29, 1.82) is 0 Å². The normalized spacial score (nSPS) is 14.0. The van der Waals surface area contributed by atoms with Crippen LogP contribution < -0.4 is 5.32 Å². The van der Waals surface area contributed by atoms with Gasteiger partial charge in [-0.2, -0.15) is 0 Å². The zero-order valence-corrected chi connectivity index (χ0v) is 12.7. The highest BCUT2D eigenvalue weighted by Gasteiger charge is 2.21. The van der Waals surface area contributed by atoms with Crippen LogP contribution in [0.15, 0.2) is 24.3 Å². The summed E-state index contributed by atoms with van der Waals surface area (Å²) in [6, 6.07) is 7.31. The number of rotatable bonds is 6. The van der Waals surface area contributed by atoms with Crippen LogP contribution in [0, 0.1) is 3.57 Å². The Morgan fingerprint density at radius 3 is 2.89 bits per heavy atom. The van der Waals surface area contributed by atoms with E-state index in [1.807, 2.05) is 12.1 Å². The largest absolute Gasteiger partial charge is 0.388 e. The molecule has 0 radical (unpaired) electrons. The summed E-state index contributed by atoms with van der Waals surface area (Å²) in [6.07, 6.45) is 0.482. The first kappa shape index (κ1) is 15.4. The number of halogens is 1. The van der Waals surface area contributed by atoms with E-state index in [2.05, 4.69) is 27.9 Å². The third-order valence-electron chi connectivity index (χ3n) is 2.56. The number of carbonyl (C=O) groups is 1. The molecule has 0 bridgehead atoms. The fraction of sp³-hybridized carbons (Fsp3) is 0.462. The Morgan fingerprint density at radius 2 is 2.28 bits per heavy atom. The van der Waals surface area contributed by atoms with Gasteiger partial charge >= 0.3 is 0 Å². The molecule has 1 rings (SSSR count). The minimum absolute atomic E-state index is 0.175. The summed E-state index contributed by atoms with van der Waals surface area (Å²) in [5, 5.41) is 12.7. The highest BCUT2D eigenvalue weighted by Crippen LogP contribution is 2.10. The fourth-order valence-corrected chi connectivity index (χ4v) is 1.96. The number of carbonyl (C=O) groups excluding carboxylic acids is 1. The second kappa shape index (κ2) is 7.06. The van der Waals surface area contributed by atoms with Gasteiger partial charge in [0.15, 0.2) is 0 Å². The average molecular weight is 363 g/mol. The standard InChI is InChI=1S/C13H18INO3/c1-13(17,6-7-18-2)9-15-12(16)10-4-3-5-11(14)8-10/h3-5,8,17H,6-7,9H2,1-2H3,(H,15,16). The van der Waals surface area contributed by atoms with E-state index in [1.165, 1.54) is 0 Å². The SMILES string of the molecule is COCCC(C)(O)CNC(=O)c1cccc(I)c1. The Labute approximate surface area is 121 Å². The van der Waals surface area contributed by atoms with E-state index in [1.54, 1.807) is 26.2 Å². The van der Waals surface area contributed by atoms with Crippen molar-refractivity contribution in [2.45, 2.75) is 18.9 Å². The molecule has 0 saturated heterocycles. The predicted molar refractivity (Wildman–Crippen MR) is 78.6 cm³/mol. The Balaban J connectivity index is 2.50. The zero-order valence-electron chi connectivity index (χ0n) is 10.6. The molecule has 1 unspecified atom stereocenters. The Kier molecular flexibility index (Phi) is 6.04. The summed E-state index contributed by atoms with van der Waals surface area (Å²) in [4.78, 5) is 11.9. The smallest absolute Gasteiger partial charge is 0.251 e. The van der Waals surface area contributed by atoms with Crippen LogP contribution in [-0.2, 0) is 4.74 Å². The van der Waals surface area contributed by atoms with Crippen LogP contribution in [0.5, 0.6) is 0 Å². The molecular weight excluding hydrogens is 345 g/mol. The maximum Gasteiger partial charge on any atom is 0.251 e. The van der Waals surface area contributed by atoms with Crippen LogP contribution in [0.4, 0.5) is 0 Å². The van der Waals surface area contributed by atoms with E-state index >= 15 is 0 Å². The van der Waals surface area contributed by atoms with Gasteiger partial charge in [0.1, 0.15) is 0 Å². The Hall–Kier alpha value is -0.660. The van der Waals surface area contributed by atoms with Crippen LogP contribution in [0.1, 0.15) is 23.7 Å². The molecule has 0 aliphatic carbocycles. The number of benzene rings is 1. The van der Waals surface area contributed by atoms with Gasteiger partial charge in [-0.3, -0.25) is 4.79 Å². The summed E-state index contributed by atoms with van der Waals surface area (Å²) in [7, 11) is 1.58. The molecule has 0 saturated carbocycles. The molecule has 0 aliphatic heterocycles. The van der Waals surface area contributed by atoms with Crippen molar-refractivity contribution in [2.75, 3.05) is 20.3 Å². The summed E-state index contributed by atoms with van der Waals surface area (Å²) < 4.78 is 5.92. The first-order valence-corrected chi connectivity index (χ1v) is 6.77. The number of methoxy groups -OCH3 is 1. The van der Waals surface area contributed by atoms with Crippen molar-refractivity contribution in [2.24, 2.45) is 0 Å². The van der Waals surface area contributed by atoms with Crippen molar-refractivity contribution in [3.05, 3.63) is 33.4 Å². The van der Waals surface area contributed by atoms with E-state index in [0.29, 0.717) is 18.6 Å². The van der Waals surface area contributed by atoms with Crippen molar-refractivity contribution in [1.82, 2.24) is 5.32 Å². The molecular formula is C13H18INO3. The molecule has 1 aromatic carbocycles. The third-order valence-corrected chi connectivity index (χ3v) is 3.23. The van der Waals surface area contributed by atoms with Gasteiger partial charge in [-0.25, -0.2) is 0 Å². The van der Waals surface area contributed by atoms with Crippen LogP contribution in [0.3, 0.4) is 0 Å². The molecule has 0 heterocycles. The van der Waals surface area contributed by atoms with Crippen LogP contribution in [0.2, 0.25) is 0 Å². The average Bonchev–Trinajstić information content (AvgIpc) is 2.34. The van der Waals surface area contributed by atoms with Crippen molar-refractivity contribution in [3.63, 3.8) is 0 Å². The minimum atomic E-state index is -0.951. The minimum Gasteiger partial charge on any atom is -0.388 e. The molecule has 0 aliphatic rings. The van der Waals surface area contributed by atoms with E-state index in [4.69, 9.17) is 4.74 Å². The summed E-state index contributed by atoms with van der Waals surface area (Å²) >= 11 is 2.16. The second-order valence-electron chi connectivity index (χ2n) is 4.43. The number of amides is 1. The van der Waals surface area contributed by atoms with Gasteiger partial charge in [0.05, 0.1) is 5.60 Å². The molecule has 0 aromatic heterocycles. The van der Waals surface area contributed by atoms with E-state index in [0.717, 1.165) is 3.57 Å². The summed E-state index contributed by atoms with van der Waals surface area (Å²) in [5.74, 6) is -0.175. The topological polar surface area (TPSA) is 58.6 Å². The van der Waals surface area contributed by atoms with Crippen LogP contribution in [-0.4, -0.2) is 36.9 Å². The van der Waals surface area contributed by atoms with Crippen LogP contribution in [0.25, 0.3) is 0 Å². The lowest BCUT2D eigenvalue weighted by atomic mass is 10.0. The van der Waals surface area contributed by atoms with Gasteiger partial charge in [0.2, 0.25) is 0 Å². The highest BCUT2D eigenvalue weighted by atomic mass is 127. The molecule has 0 spiro atoms. The molecule has 0 fully saturated rings. The quantitative estimate of drug-likeness (QED) is 0.758. The van der Waals surface area contributed by atoms with Gasteiger partial charge in [0.25, 0.3) is 5.91 Å². The van der Waals surface area contributed by atoms with Gasteiger partial charge in [0, 0.05) is 35.8 Å². The molecule has 1 atom stereocenters. The first-order chi connectivity index (χ1) is 8.44. The molecule has 1 amide bonds. The number of hydrogen-bond donors (Lipinski definition) is 2. The van der Waals surface area contributed by atoms with Crippen molar-refractivity contribution < 1.29 is 14.6 Å². The van der Waals surface area contributed by atoms with E-state index in [-0.39, 0.29) is 12.5 Å². The molecule has 5 heteroatoms. The van der Waals surface area contributed by atoms with Gasteiger partial charge in [-0.15, -0.1) is 0 Å². The zero-order chi connectivity index (χ0) is 13.6. The molecule has 4 nitrogen and oxygen atoms in total. The lowest BCUT2D eigenvalue weighted by Gasteiger charge is -2.23. The predicted octanol–water partition coefficient (Wildman–Crippen LogP) is 1.81. The van der Waals surface area contributed by atoms with Gasteiger partial charge in [-0.1, -0.05) is 6.07 Å². The Morgan fingerprint density at radius 1 is 1.56 bits per heavy atom. The number of nitrogens with one attached hydrogen (secondary N) is 1. The lowest BCUT2D eigenvalue weighted by molar-refractivity contribution is 0.0243. The molecule has 1 aromatic rings. The first-order valence-electron chi connectivity index (χ1n) is 5.70. The fourth-order valence-electron chi connectivity index (χ4n) is 1.41. The Bertz CT molecular complexity index is 407. The monoisotopic (exact) mass is 363 g/mol. The molecule has 100 valence electrons. The third kappa shape index (κ3) is 5.32. The number of aliphatic hydroxyl groups is 1. The maximum atomic E-state index is 11.9. The van der Waals surface area contributed by atoms with Crippen molar-refractivity contribution >= 4 is 28.5 Å². The summed E-state index contributed by atoms with van der Waals surface area (Å²) in [6.45, 7) is 2.35. The van der Waals surface area contributed by atoms with E-state index < -0.39 is 5.60 Å². The number of hydrogen-bond acceptors (Lipinski definition) is 3. The maximum absolute atomic E-state index is 11.9.